The van der Waals surface area contributed by atoms with Gasteiger partial charge >= 0.3 is 5.97 Å². The molecule has 0 amide bonds. The van der Waals surface area contributed by atoms with Gasteiger partial charge in [0.2, 0.25) is 0 Å². The fourth-order valence-corrected chi connectivity index (χ4v) is 2.87. The molecule has 0 radical (unpaired) electrons. The van der Waals surface area contributed by atoms with Crippen molar-refractivity contribution in [3.63, 3.8) is 0 Å². The van der Waals surface area contributed by atoms with Crippen molar-refractivity contribution < 1.29 is 14.8 Å². The van der Waals surface area contributed by atoms with Gasteiger partial charge in [0, 0.05) is 24.3 Å². The molecule has 0 atom stereocenters. The van der Waals surface area contributed by atoms with E-state index >= 15 is 0 Å². The molecule has 0 aromatic carbocycles. The fraction of sp³-hybridized carbons (Fsp3) is 0.786. The Bertz CT molecular complexity index is 314. The van der Waals surface area contributed by atoms with E-state index in [1.165, 1.54) is 0 Å². The highest BCUT2D eigenvalue weighted by atomic mass is 16.6. The maximum atomic E-state index is 12.0. The Morgan fingerprint density at radius 1 is 1.41 bits per heavy atom. The van der Waals surface area contributed by atoms with E-state index < -0.39 is 0 Å². The minimum atomic E-state index is -0.311. The monoisotopic (exact) mass is 238 g/mol. The molecule has 0 bridgehead atoms. The number of nitrogens with two attached hydrogens (primary N) is 1. The number of carbonyl (C=O) groups excluding carboxylic acids is 1. The van der Waals surface area contributed by atoms with Crippen molar-refractivity contribution in [2.45, 2.75) is 51.6 Å². The Morgan fingerprint density at radius 2 is 2.12 bits per heavy atom. The molecule has 0 aromatic rings. The van der Waals surface area contributed by atoms with Crippen LogP contribution in [0.2, 0.25) is 0 Å². The summed E-state index contributed by atoms with van der Waals surface area (Å²) in [6.07, 6.45) is 7.37. The Labute approximate surface area is 104 Å². The van der Waals surface area contributed by atoms with Gasteiger partial charge in [0.05, 0.1) is 13.1 Å². The van der Waals surface area contributed by atoms with Crippen molar-refractivity contribution in [1.82, 2.24) is 0 Å². The van der Waals surface area contributed by atoms with Crippen molar-refractivity contribution in [3.05, 3.63) is 11.6 Å². The van der Waals surface area contributed by atoms with Crippen LogP contribution in [0.1, 0.15) is 46.0 Å². The van der Waals surface area contributed by atoms with Crippen LogP contribution < -0.4 is 5.32 Å². The van der Waals surface area contributed by atoms with Crippen LogP contribution in [0.4, 0.5) is 0 Å². The third-order valence-electron chi connectivity index (χ3n) is 4.08. The van der Waals surface area contributed by atoms with Gasteiger partial charge in [-0.05, 0) is 33.1 Å². The molecule has 3 nitrogen and oxygen atoms in total. The van der Waals surface area contributed by atoms with Gasteiger partial charge in [-0.1, -0.05) is 6.08 Å². The number of hydrogen-bond donors (Lipinski definition) is 1. The molecular weight excluding hydrogens is 214 g/mol. The van der Waals surface area contributed by atoms with Crippen molar-refractivity contribution in [2.24, 2.45) is 5.92 Å². The SMILES string of the molecule is CC(C)(OC(=O)C1=CCCC1)C1CC[NH2+]CC1. The highest BCUT2D eigenvalue weighted by Gasteiger charge is 2.36. The number of allylic oxidation sites excluding steroid dienone is 1. The molecule has 0 aromatic heterocycles. The van der Waals surface area contributed by atoms with Gasteiger partial charge in [0.15, 0.2) is 0 Å². The zero-order chi connectivity index (χ0) is 12.3. The number of esters is 1. The summed E-state index contributed by atoms with van der Waals surface area (Å²) in [5.74, 6) is 0.431. The summed E-state index contributed by atoms with van der Waals surface area (Å²) in [5.41, 5.74) is 0.579. The molecule has 0 saturated carbocycles. The molecule has 2 rings (SSSR count). The quantitative estimate of drug-likeness (QED) is 0.755. The number of rotatable bonds is 3. The maximum Gasteiger partial charge on any atom is 0.334 e. The summed E-state index contributed by atoms with van der Waals surface area (Å²) in [5, 5.41) is 2.34. The largest absolute Gasteiger partial charge is 0.456 e. The first kappa shape index (κ1) is 12.6. The van der Waals surface area contributed by atoms with Crippen LogP contribution in [0.25, 0.3) is 0 Å². The second-order valence-corrected chi connectivity index (χ2v) is 5.75. The van der Waals surface area contributed by atoms with Crippen molar-refractivity contribution >= 4 is 5.97 Å². The summed E-state index contributed by atoms with van der Waals surface area (Å²) >= 11 is 0. The number of ether oxygens (including phenoxy) is 1. The van der Waals surface area contributed by atoms with Crippen molar-refractivity contribution in [3.8, 4) is 0 Å². The van der Waals surface area contributed by atoms with Crippen molar-refractivity contribution in [1.29, 1.82) is 0 Å². The maximum absolute atomic E-state index is 12.0. The number of piperidine rings is 1. The number of hydrogen-bond acceptors (Lipinski definition) is 2. The molecule has 1 saturated heterocycles. The lowest BCUT2D eigenvalue weighted by atomic mass is 9.83. The van der Waals surface area contributed by atoms with Gasteiger partial charge in [0.1, 0.15) is 5.60 Å². The molecule has 17 heavy (non-hydrogen) atoms. The van der Waals surface area contributed by atoms with Gasteiger partial charge < -0.3 is 10.1 Å². The smallest absolute Gasteiger partial charge is 0.334 e. The predicted molar refractivity (Wildman–Crippen MR) is 66.5 cm³/mol. The molecule has 0 unspecified atom stereocenters. The first-order valence-corrected chi connectivity index (χ1v) is 6.83. The zero-order valence-electron chi connectivity index (χ0n) is 11.0. The minimum Gasteiger partial charge on any atom is -0.456 e. The van der Waals surface area contributed by atoms with Gasteiger partial charge in [-0.25, -0.2) is 4.79 Å². The first-order chi connectivity index (χ1) is 8.09. The first-order valence-electron chi connectivity index (χ1n) is 6.83. The van der Waals surface area contributed by atoms with E-state index in [0.717, 1.165) is 50.8 Å². The van der Waals surface area contributed by atoms with E-state index in [1.54, 1.807) is 0 Å². The summed E-state index contributed by atoms with van der Waals surface area (Å²) in [7, 11) is 0. The highest BCUT2D eigenvalue weighted by Crippen LogP contribution is 2.30. The van der Waals surface area contributed by atoms with E-state index in [1.807, 2.05) is 6.08 Å². The third-order valence-corrected chi connectivity index (χ3v) is 4.08. The van der Waals surface area contributed by atoms with Crippen LogP contribution in [0.15, 0.2) is 11.6 Å². The molecule has 2 aliphatic rings. The summed E-state index contributed by atoms with van der Waals surface area (Å²) < 4.78 is 5.74. The van der Waals surface area contributed by atoms with Crippen LogP contribution in [-0.4, -0.2) is 24.7 Å². The lowest BCUT2D eigenvalue weighted by Gasteiger charge is -2.35. The van der Waals surface area contributed by atoms with Gasteiger partial charge in [-0.2, -0.15) is 0 Å². The molecule has 0 spiro atoms. The molecule has 1 aliphatic heterocycles. The molecule has 2 N–H and O–H groups in total. The van der Waals surface area contributed by atoms with E-state index in [-0.39, 0.29) is 11.6 Å². The summed E-state index contributed by atoms with van der Waals surface area (Å²) in [6.45, 7) is 6.45. The van der Waals surface area contributed by atoms with Gasteiger partial charge in [0.25, 0.3) is 0 Å². The summed E-state index contributed by atoms with van der Waals surface area (Å²) in [6, 6.07) is 0. The van der Waals surface area contributed by atoms with Crippen LogP contribution in [0.5, 0.6) is 0 Å². The Balaban J connectivity index is 1.93. The van der Waals surface area contributed by atoms with E-state index in [0.29, 0.717) is 5.92 Å². The standard InChI is InChI=1S/C14H23NO2/c1-14(2,12-7-9-15-10-8-12)17-13(16)11-5-3-4-6-11/h5,12,15H,3-4,6-10H2,1-2H3/p+1. The van der Waals surface area contributed by atoms with E-state index in [4.69, 9.17) is 4.74 Å². The molecule has 1 heterocycles. The lowest BCUT2D eigenvalue weighted by Crippen LogP contribution is -2.86. The average Bonchev–Trinajstić information content (AvgIpc) is 2.83. The zero-order valence-corrected chi connectivity index (χ0v) is 11.0. The number of quaternary nitrogens is 1. The second kappa shape index (κ2) is 5.21. The molecule has 3 heteroatoms. The normalized spacial score (nSPS) is 22.4. The van der Waals surface area contributed by atoms with E-state index in [9.17, 15) is 4.79 Å². The molecule has 1 aliphatic carbocycles. The Kier molecular flexibility index (Phi) is 3.87. The van der Waals surface area contributed by atoms with Crippen molar-refractivity contribution in [2.75, 3.05) is 13.1 Å². The topological polar surface area (TPSA) is 42.9 Å². The minimum absolute atomic E-state index is 0.0814. The Morgan fingerprint density at radius 3 is 2.71 bits per heavy atom. The molecule has 96 valence electrons. The van der Waals surface area contributed by atoms with Crippen LogP contribution in [0, 0.1) is 5.92 Å². The van der Waals surface area contributed by atoms with Crippen LogP contribution in [-0.2, 0) is 9.53 Å². The average molecular weight is 238 g/mol. The lowest BCUT2D eigenvalue weighted by molar-refractivity contribution is -0.665. The van der Waals surface area contributed by atoms with E-state index in [2.05, 4.69) is 19.2 Å². The molecular formula is C14H24NO2+. The predicted octanol–water partition coefficient (Wildman–Crippen LogP) is 1.39. The fourth-order valence-electron chi connectivity index (χ4n) is 2.87. The van der Waals surface area contributed by atoms with Crippen LogP contribution >= 0.6 is 0 Å². The van der Waals surface area contributed by atoms with Gasteiger partial charge in [-0.3, -0.25) is 0 Å². The second-order valence-electron chi connectivity index (χ2n) is 5.75. The molecule has 1 fully saturated rings. The Hall–Kier alpha value is -0.830. The summed E-state index contributed by atoms with van der Waals surface area (Å²) in [4.78, 5) is 12.0. The third kappa shape index (κ3) is 3.09. The number of carbonyl (C=O) groups is 1. The van der Waals surface area contributed by atoms with Gasteiger partial charge in [-0.15, -0.1) is 0 Å². The van der Waals surface area contributed by atoms with Crippen LogP contribution in [0.3, 0.4) is 0 Å². The highest BCUT2D eigenvalue weighted by molar-refractivity contribution is 5.89.